The lowest BCUT2D eigenvalue weighted by atomic mass is 10.1. The van der Waals surface area contributed by atoms with E-state index < -0.39 is 5.82 Å². The highest BCUT2D eigenvalue weighted by atomic mass is 79.9. The Morgan fingerprint density at radius 2 is 2.24 bits per heavy atom. The van der Waals surface area contributed by atoms with E-state index in [2.05, 4.69) is 22.5 Å². The summed E-state index contributed by atoms with van der Waals surface area (Å²) in [5.41, 5.74) is 0.0723. The molecule has 0 bridgehead atoms. The van der Waals surface area contributed by atoms with Crippen LogP contribution in [0.1, 0.15) is 24.2 Å². The van der Waals surface area contributed by atoms with Crippen molar-refractivity contribution in [1.29, 1.82) is 0 Å². The van der Waals surface area contributed by atoms with Crippen molar-refractivity contribution in [3.05, 3.63) is 46.7 Å². The van der Waals surface area contributed by atoms with Gasteiger partial charge in [-0.3, -0.25) is 4.79 Å². The zero-order chi connectivity index (χ0) is 13.0. The SMILES string of the molecule is C=CCN(C(=O)c1c(F)cccc1Br)C(C)C. The monoisotopic (exact) mass is 299 g/mol. The van der Waals surface area contributed by atoms with Crippen molar-refractivity contribution in [2.75, 3.05) is 6.54 Å². The van der Waals surface area contributed by atoms with Crippen LogP contribution in [0, 0.1) is 5.82 Å². The summed E-state index contributed by atoms with van der Waals surface area (Å²) in [6.45, 7) is 7.77. The number of carbonyl (C=O) groups excluding carboxylic acids is 1. The van der Waals surface area contributed by atoms with Gasteiger partial charge in [0.1, 0.15) is 5.82 Å². The molecule has 0 aliphatic rings. The molecule has 0 aromatic heterocycles. The van der Waals surface area contributed by atoms with E-state index in [9.17, 15) is 9.18 Å². The molecule has 0 heterocycles. The summed E-state index contributed by atoms with van der Waals surface area (Å²) in [7, 11) is 0. The van der Waals surface area contributed by atoms with Gasteiger partial charge in [-0.15, -0.1) is 6.58 Å². The Kier molecular flexibility index (Phi) is 4.87. The molecule has 1 aromatic rings. The van der Waals surface area contributed by atoms with E-state index in [0.717, 1.165) is 0 Å². The van der Waals surface area contributed by atoms with Crippen molar-refractivity contribution in [1.82, 2.24) is 4.90 Å². The minimum Gasteiger partial charge on any atom is -0.332 e. The summed E-state index contributed by atoms with van der Waals surface area (Å²) in [6.07, 6.45) is 1.63. The van der Waals surface area contributed by atoms with Gasteiger partial charge < -0.3 is 4.90 Å². The van der Waals surface area contributed by atoms with E-state index in [0.29, 0.717) is 11.0 Å². The number of benzene rings is 1. The topological polar surface area (TPSA) is 20.3 Å². The molecule has 0 atom stereocenters. The highest BCUT2D eigenvalue weighted by molar-refractivity contribution is 9.10. The average molecular weight is 300 g/mol. The van der Waals surface area contributed by atoms with E-state index >= 15 is 0 Å². The van der Waals surface area contributed by atoms with Crippen LogP contribution in [0.2, 0.25) is 0 Å². The molecular formula is C13H15BrFNO. The lowest BCUT2D eigenvalue weighted by molar-refractivity contribution is 0.0723. The fourth-order valence-corrected chi connectivity index (χ4v) is 2.02. The molecule has 1 amide bonds. The molecule has 0 radical (unpaired) electrons. The summed E-state index contributed by atoms with van der Waals surface area (Å²) >= 11 is 3.20. The largest absolute Gasteiger partial charge is 0.332 e. The average Bonchev–Trinajstić information content (AvgIpc) is 2.24. The van der Waals surface area contributed by atoms with E-state index in [1.165, 1.54) is 6.07 Å². The molecule has 17 heavy (non-hydrogen) atoms. The van der Waals surface area contributed by atoms with Crippen LogP contribution in [0.15, 0.2) is 35.3 Å². The zero-order valence-electron chi connectivity index (χ0n) is 9.91. The molecule has 2 nitrogen and oxygen atoms in total. The lowest BCUT2D eigenvalue weighted by Crippen LogP contribution is -2.37. The number of carbonyl (C=O) groups is 1. The van der Waals surface area contributed by atoms with Crippen molar-refractivity contribution in [2.45, 2.75) is 19.9 Å². The molecule has 0 aliphatic carbocycles. The molecule has 92 valence electrons. The molecule has 0 fully saturated rings. The maximum atomic E-state index is 13.7. The number of amides is 1. The molecule has 0 saturated carbocycles. The predicted molar refractivity (Wildman–Crippen MR) is 70.5 cm³/mol. The van der Waals surface area contributed by atoms with E-state index in [4.69, 9.17) is 0 Å². The van der Waals surface area contributed by atoms with Crippen LogP contribution in [0.3, 0.4) is 0 Å². The number of hydrogen-bond donors (Lipinski definition) is 0. The maximum Gasteiger partial charge on any atom is 0.258 e. The second-order valence-electron chi connectivity index (χ2n) is 3.94. The van der Waals surface area contributed by atoms with Gasteiger partial charge in [0, 0.05) is 17.1 Å². The first-order valence-corrected chi connectivity index (χ1v) is 6.14. The standard InChI is InChI=1S/C13H15BrFNO/c1-4-8-16(9(2)3)13(17)12-10(14)6-5-7-11(12)15/h4-7,9H,1,8H2,2-3H3. The van der Waals surface area contributed by atoms with Crippen LogP contribution in [0.4, 0.5) is 4.39 Å². The van der Waals surface area contributed by atoms with Crippen LogP contribution >= 0.6 is 15.9 Å². The molecule has 0 aliphatic heterocycles. The first-order chi connectivity index (χ1) is 7.99. The van der Waals surface area contributed by atoms with Crippen LogP contribution in [-0.4, -0.2) is 23.4 Å². The number of halogens is 2. The third-order valence-corrected chi connectivity index (χ3v) is 3.05. The first-order valence-electron chi connectivity index (χ1n) is 5.35. The first kappa shape index (κ1) is 13.9. The molecule has 0 unspecified atom stereocenters. The quantitative estimate of drug-likeness (QED) is 0.778. The van der Waals surface area contributed by atoms with Crippen molar-refractivity contribution >= 4 is 21.8 Å². The normalized spacial score (nSPS) is 10.4. The Balaban J connectivity index is 3.13. The Bertz CT molecular complexity index is 411. The van der Waals surface area contributed by atoms with Crippen molar-refractivity contribution < 1.29 is 9.18 Å². The van der Waals surface area contributed by atoms with Crippen molar-refractivity contribution in [2.24, 2.45) is 0 Å². The summed E-state index contributed by atoms with van der Waals surface area (Å²) in [6, 6.07) is 4.49. The van der Waals surface area contributed by atoms with Gasteiger partial charge in [0.25, 0.3) is 5.91 Å². The van der Waals surface area contributed by atoms with Crippen molar-refractivity contribution in [3.8, 4) is 0 Å². The van der Waals surface area contributed by atoms with Gasteiger partial charge in [-0.05, 0) is 41.9 Å². The summed E-state index contributed by atoms with van der Waals surface area (Å²) in [5.74, 6) is -0.844. The number of rotatable bonds is 4. The summed E-state index contributed by atoms with van der Waals surface area (Å²) < 4.78 is 14.1. The van der Waals surface area contributed by atoms with Gasteiger partial charge in [0.05, 0.1) is 5.56 Å². The molecule has 0 saturated heterocycles. The van der Waals surface area contributed by atoms with Crippen LogP contribution in [-0.2, 0) is 0 Å². The molecule has 1 rings (SSSR count). The smallest absolute Gasteiger partial charge is 0.258 e. The van der Waals surface area contributed by atoms with Crippen molar-refractivity contribution in [3.63, 3.8) is 0 Å². The second-order valence-corrected chi connectivity index (χ2v) is 4.79. The molecule has 1 aromatic carbocycles. The Morgan fingerprint density at radius 1 is 1.59 bits per heavy atom. The fraction of sp³-hybridized carbons (Fsp3) is 0.308. The molecule has 0 N–H and O–H groups in total. The fourth-order valence-electron chi connectivity index (χ4n) is 1.51. The maximum absolute atomic E-state index is 13.7. The minimum atomic E-state index is -0.515. The Labute approximate surface area is 109 Å². The lowest BCUT2D eigenvalue weighted by Gasteiger charge is -2.26. The minimum absolute atomic E-state index is 0.00740. The summed E-state index contributed by atoms with van der Waals surface area (Å²) in [4.78, 5) is 13.8. The van der Waals surface area contributed by atoms with Gasteiger partial charge in [0.2, 0.25) is 0 Å². The van der Waals surface area contributed by atoms with Crippen LogP contribution < -0.4 is 0 Å². The molecular weight excluding hydrogens is 285 g/mol. The van der Waals surface area contributed by atoms with Crippen LogP contribution in [0.25, 0.3) is 0 Å². The van der Waals surface area contributed by atoms with Crippen LogP contribution in [0.5, 0.6) is 0 Å². The van der Waals surface area contributed by atoms with E-state index in [1.807, 2.05) is 13.8 Å². The van der Waals surface area contributed by atoms with E-state index in [-0.39, 0.29) is 17.5 Å². The van der Waals surface area contributed by atoms with Gasteiger partial charge in [0.15, 0.2) is 0 Å². The predicted octanol–water partition coefficient (Wildman–Crippen LogP) is 3.62. The molecule has 4 heteroatoms. The number of nitrogens with zero attached hydrogens (tertiary/aromatic N) is 1. The van der Waals surface area contributed by atoms with Gasteiger partial charge in [-0.1, -0.05) is 12.1 Å². The Hall–Kier alpha value is -1.16. The third kappa shape index (κ3) is 3.16. The number of hydrogen-bond acceptors (Lipinski definition) is 1. The zero-order valence-corrected chi connectivity index (χ0v) is 11.5. The van der Waals surface area contributed by atoms with Gasteiger partial charge >= 0.3 is 0 Å². The summed E-state index contributed by atoms with van der Waals surface area (Å²) in [5, 5.41) is 0. The van der Waals surface area contributed by atoms with Gasteiger partial charge in [-0.25, -0.2) is 4.39 Å². The van der Waals surface area contributed by atoms with E-state index in [1.54, 1.807) is 23.1 Å². The third-order valence-electron chi connectivity index (χ3n) is 2.39. The highest BCUT2D eigenvalue weighted by Crippen LogP contribution is 2.22. The molecule has 0 spiro atoms. The Morgan fingerprint density at radius 3 is 2.71 bits per heavy atom. The van der Waals surface area contributed by atoms with Gasteiger partial charge in [-0.2, -0.15) is 0 Å². The highest BCUT2D eigenvalue weighted by Gasteiger charge is 2.22. The second kappa shape index (κ2) is 5.96.